The molecule has 3 heteroatoms. The standard InChI is InChI=1S/C13H16N2S/c1-3-14-8-11-4-6-12(7-5-11)13-10(2)15-9-16-13/h4-7,9,14H,3,8H2,1-2H3. The number of thiazole rings is 1. The number of nitrogens with zero attached hydrogens (tertiary/aromatic N) is 1. The topological polar surface area (TPSA) is 24.9 Å². The first-order valence-electron chi connectivity index (χ1n) is 5.51. The van der Waals surface area contributed by atoms with Crippen molar-refractivity contribution in [2.45, 2.75) is 20.4 Å². The van der Waals surface area contributed by atoms with Crippen LogP contribution < -0.4 is 5.32 Å². The molecule has 0 unspecified atom stereocenters. The molecule has 2 rings (SSSR count). The number of rotatable bonds is 4. The van der Waals surface area contributed by atoms with E-state index < -0.39 is 0 Å². The number of hydrogen-bond donors (Lipinski definition) is 1. The van der Waals surface area contributed by atoms with Gasteiger partial charge in [-0.15, -0.1) is 11.3 Å². The molecule has 2 aromatic rings. The van der Waals surface area contributed by atoms with E-state index in [2.05, 4.69) is 48.4 Å². The molecule has 0 aliphatic carbocycles. The summed E-state index contributed by atoms with van der Waals surface area (Å²) >= 11 is 1.70. The van der Waals surface area contributed by atoms with Crippen LogP contribution in [-0.2, 0) is 6.54 Å². The van der Waals surface area contributed by atoms with Crippen LogP contribution in [0.15, 0.2) is 29.8 Å². The van der Waals surface area contributed by atoms with Crippen LogP contribution in [0.3, 0.4) is 0 Å². The average Bonchev–Trinajstić information content (AvgIpc) is 2.74. The Morgan fingerprint density at radius 1 is 1.25 bits per heavy atom. The van der Waals surface area contributed by atoms with Crippen LogP contribution in [0.4, 0.5) is 0 Å². The highest BCUT2D eigenvalue weighted by molar-refractivity contribution is 7.13. The van der Waals surface area contributed by atoms with Crippen molar-refractivity contribution in [2.24, 2.45) is 0 Å². The van der Waals surface area contributed by atoms with Crippen LogP contribution >= 0.6 is 11.3 Å². The number of aryl methyl sites for hydroxylation is 1. The first-order valence-corrected chi connectivity index (χ1v) is 6.39. The van der Waals surface area contributed by atoms with Crippen LogP contribution in [0.5, 0.6) is 0 Å². The van der Waals surface area contributed by atoms with Gasteiger partial charge in [0.05, 0.1) is 16.1 Å². The van der Waals surface area contributed by atoms with Gasteiger partial charge >= 0.3 is 0 Å². The summed E-state index contributed by atoms with van der Waals surface area (Å²) in [5.74, 6) is 0. The Hall–Kier alpha value is -1.19. The van der Waals surface area contributed by atoms with Gasteiger partial charge in [-0.3, -0.25) is 0 Å². The first-order chi connectivity index (χ1) is 7.81. The molecule has 0 bridgehead atoms. The van der Waals surface area contributed by atoms with E-state index in [1.165, 1.54) is 16.0 Å². The lowest BCUT2D eigenvalue weighted by atomic mass is 10.1. The molecule has 0 aliphatic rings. The van der Waals surface area contributed by atoms with Gasteiger partial charge < -0.3 is 5.32 Å². The highest BCUT2D eigenvalue weighted by Gasteiger charge is 2.03. The molecular weight excluding hydrogens is 216 g/mol. The average molecular weight is 232 g/mol. The fraction of sp³-hybridized carbons (Fsp3) is 0.308. The zero-order valence-corrected chi connectivity index (χ0v) is 10.5. The van der Waals surface area contributed by atoms with Gasteiger partial charge in [-0.05, 0) is 24.6 Å². The Bertz CT molecular complexity index is 445. The number of hydrogen-bond acceptors (Lipinski definition) is 3. The van der Waals surface area contributed by atoms with E-state index in [1.807, 2.05) is 5.51 Å². The fourth-order valence-electron chi connectivity index (χ4n) is 1.62. The van der Waals surface area contributed by atoms with Gasteiger partial charge in [0.2, 0.25) is 0 Å². The maximum absolute atomic E-state index is 4.27. The van der Waals surface area contributed by atoms with Crippen LogP contribution in [-0.4, -0.2) is 11.5 Å². The molecule has 0 saturated carbocycles. The molecule has 0 spiro atoms. The summed E-state index contributed by atoms with van der Waals surface area (Å²) in [5.41, 5.74) is 5.61. The quantitative estimate of drug-likeness (QED) is 0.875. The van der Waals surface area contributed by atoms with Crippen LogP contribution in [0.1, 0.15) is 18.2 Å². The summed E-state index contributed by atoms with van der Waals surface area (Å²) in [6.07, 6.45) is 0. The lowest BCUT2D eigenvalue weighted by molar-refractivity contribution is 0.727. The van der Waals surface area contributed by atoms with Gasteiger partial charge in [0.1, 0.15) is 0 Å². The van der Waals surface area contributed by atoms with E-state index in [0.717, 1.165) is 18.8 Å². The van der Waals surface area contributed by atoms with E-state index in [4.69, 9.17) is 0 Å². The minimum absolute atomic E-state index is 0.943. The van der Waals surface area contributed by atoms with Crippen molar-refractivity contribution >= 4 is 11.3 Å². The van der Waals surface area contributed by atoms with Gasteiger partial charge in [-0.25, -0.2) is 4.98 Å². The second-order valence-electron chi connectivity index (χ2n) is 3.74. The lowest BCUT2D eigenvalue weighted by Crippen LogP contribution is -2.11. The fourth-order valence-corrected chi connectivity index (χ4v) is 2.43. The Morgan fingerprint density at radius 3 is 2.56 bits per heavy atom. The minimum Gasteiger partial charge on any atom is -0.313 e. The second kappa shape index (κ2) is 5.23. The number of nitrogens with one attached hydrogen (secondary N) is 1. The molecule has 84 valence electrons. The number of aromatic nitrogens is 1. The van der Waals surface area contributed by atoms with Crippen molar-refractivity contribution < 1.29 is 0 Å². The predicted molar refractivity (Wildman–Crippen MR) is 69.7 cm³/mol. The van der Waals surface area contributed by atoms with Crippen molar-refractivity contribution in [3.63, 3.8) is 0 Å². The second-order valence-corrected chi connectivity index (χ2v) is 4.60. The molecular formula is C13H16N2S. The molecule has 1 aromatic heterocycles. The molecule has 1 N–H and O–H groups in total. The predicted octanol–water partition coefficient (Wildman–Crippen LogP) is 3.23. The third-order valence-electron chi connectivity index (χ3n) is 2.54. The van der Waals surface area contributed by atoms with Crippen molar-refractivity contribution in [2.75, 3.05) is 6.54 Å². The smallest absolute Gasteiger partial charge is 0.0801 e. The highest BCUT2D eigenvalue weighted by atomic mass is 32.1. The summed E-state index contributed by atoms with van der Waals surface area (Å²) in [6.45, 7) is 6.13. The molecule has 0 saturated heterocycles. The van der Waals surface area contributed by atoms with E-state index in [-0.39, 0.29) is 0 Å². The van der Waals surface area contributed by atoms with E-state index >= 15 is 0 Å². The Kier molecular flexibility index (Phi) is 3.70. The van der Waals surface area contributed by atoms with Gasteiger partial charge in [0, 0.05) is 6.54 Å². The molecule has 2 nitrogen and oxygen atoms in total. The normalized spacial score (nSPS) is 10.6. The monoisotopic (exact) mass is 232 g/mol. The molecule has 1 heterocycles. The third-order valence-corrected chi connectivity index (χ3v) is 3.52. The van der Waals surface area contributed by atoms with Crippen molar-refractivity contribution in [3.05, 3.63) is 41.0 Å². The van der Waals surface area contributed by atoms with Crippen LogP contribution in [0.25, 0.3) is 10.4 Å². The first kappa shape index (κ1) is 11.3. The van der Waals surface area contributed by atoms with Gasteiger partial charge in [-0.1, -0.05) is 31.2 Å². The van der Waals surface area contributed by atoms with Crippen molar-refractivity contribution in [1.29, 1.82) is 0 Å². The SMILES string of the molecule is CCNCc1ccc(-c2scnc2C)cc1. The Labute approximate surface area is 100 Å². The van der Waals surface area contributed by atoms with E-state index in [9.17, 15) is 0 Å². The molecule has 16 heavy (non-hydrogen) atoms. The number of benzene rings is 1. The zero-order valence-electron chi connectivity index (χ0n) is 9.66. The summed E-state index contributed by atoms with van der Waals surface area (Å²) < 4.78 is 0. The van der Waals surface area contributed by atoms with E-state index in [1.54, 1.807) is 11.3 Å². The largest absolute Gasteiger partial charge is 0.313 e. The maximum Gasteiger partial charge on any atom is 0.0801 e. The Morgan fingerprint density at radius 2 is 2.00 bits per heavy atom. The Balaban J connectivity index is 2.16. The zero-order chi connectivity index (χ0) is 11.4. The molecule has 1 aromatic carbocycles. The van der Waals surface area contributed by atoms with Crippen LogP contribution in [0, 0.1) is 6.92 Å². The summed E-state index contributed by atoms with van der Waals surface area (Å²) in [4.78, 5) is 5.54. The van der Waals surface area contributed by atoms with Gasteiger partial charge in [0.15, 0.2) is 0 Å². The maximum atomic E-state index is 4.27. The van der Waals surface area contributed by atoms with Crippen molar-refractivity contribution in [1.82, 2.24) is 10.3 Å². The summed E-state index contributed by atoms with van der Waals surface area (Å²) in [5, 5.41) is 3.32. The molecule has 0 radical (unpaired) electrons. The highest BCUT2D eigenvalue weighted by Crippen LogP contribution is 2.27. The minimum atomic E-state index is 0.943. The van der Waals surface area contributed by atoms with Crippen molar-refractivity contribution in [3.8, 4) is 10.4 Å². The van der Waals surface area contributed by atoms with E-state index in [0.29, 0.717) is 0 Å². The molecule has 0 fully saturated rings. The van der Waals surface area contributed by atoms with Gasteiger partial charge in [-0.2, -0.15) is 0 Å². The molecule has 0 amide bonds. The van der Waals surface area contributed by atoms with Gasteiger partial charge in [0.25, 0.3) is 0 Å². The lowest BCUT2D eigenvalue weighted by Gasteiger charge is -2.03. The summed E-state index contributed by atoms with van der Waals surface area (Å²) in [7, 11) is 0. The molecule has 0 atom stereocenters. The summed E-state index contributed by atoms with van der Waals surface area (Å²) in [6, 6.07) is 8.70. The van der Waals surface area contributed by atoms with Crippen LogP contribution in [0.2, 0.25) is 0 Å². The molecule has 0 aliphatic heterocycles. The third kappa shape index (κ3) is 2.49.